The normalized spacial score (nSPS) is 11.3. The molecule has 1 atom stereocenters. The van der Waals surface area contributed by atoms with Gasteiger partial charge in [-0.2, -0.15) is 0 Å². The highest BCUT2D eigenvalue weighted by Gasteiger charge is 2.22. The van der Waals surface area contributed by atoms with E-state index in [9.17, 15) is 19.7 Å². The number of hydrogen-bond acceptors (Lipinski definition) is 6. The molecular formula is C17H16N2O6. The zero-order valence-electron chi connectivity index (χ0n) is 13.6. The molecule has 0 bridgehead atoms. The number of benzene rings is 2. The van der Waals surface area contributed by atoms with Gasteiger partial charge in [-0.25, -0.2) is 4.79 Å². The molecule has 0 aliphatic carbocycles. The molecule has 1 amide bonds. The van der Waals surface area contributed by atoms with Crippen molar-refractivity contribution in [2.24, 2.45) is 0 Å². The summed E-state index contributed by atoms with van der Waals surface area (Å²) in [6, 6.07) is 12.4. The van der Waals surface area contributed by atoms with Gasteiger partial charge in [0.25, 0.3) is 5.91 Å². The lowest BCUT2D eigenvalue weighted by Crippen LogP contribution is -2.30. The van der Waals surface area contributed by atoms with Crippen molar-refractivity contribution in [1.29, 1.82) is 0 Å². The van der Waals surface area contributed by atoms with Gasteiger partial charge in [-0.05, 0) is 31.2 Å². The highest BCUT2D eigenvalue weighted by Crippen LogP contribution is 2.27. The molecule has 130 valence electrons. The average Bonchev–Trinajstić information content (AvgIpc) is 2.61. The van der Waals surface area contributed by atoms with E-state index in [-0.39, 0.29) is 17.0 Å². The number of para-hydroxylation sites is 1. The number of hydrogen-bond donors (Lipinski definition) is 1. The van der Waals surface area contributed by atoms with Crippen LogP contribution in [0, 0.1) is 10.1 Å². The fourth-order valence-corrected chi connectivity index (χ4v) is 2.01. The maximum absolute atomic E-state index is 12.1. The predicted octanol–water partition coefficient (Wildman–Crippen LogP) is 2.79. The Morgan fingerprint density at radius 2 is 1.84 bits per heavy atom. The minimum atomic E-state index is -1.08. The molecule has 1 N–H and O–H groups in total. The van der Waals surface area contributed by atoms with Crippen LogP contribution in [0.15, 0.2) is 48.5 Å². The lowest BCUT2D eigenvalue weighted by molar-refractivity contribution is -0.385. The summed E-state index contributed by atoms with van der Waals surface area (Å²) in [7, 11) is 1.29. The summed E-state index contributed by atoms with van der Waals surface area (Å²) < 4.78 is 9.93. The monoisotopic (exact) mass is 344 g/mol. The van der Waals surface area contributed by atoms with Crippen LogP contribution in [0.1, 0.15) is 17.3 Å². The highest BCUT2D eigenvalue weighted by atomic mass is 16.6. The SMILES string of the molecule is COc1ccc(C(=O)O[C@H](C)C(=O)Nc2ccccc2)cc1[N+](=O)[O-]. The fourth-order valence-electron chi connectivity index (χ4n) is 2.01. The van der Waals surface area contributed by atoms with Crippen LogP contribution in [-0.2, 0) is 9.53 Å². The summed E-state index contributed by atoms with van der Waals surface area (Å²) >= 11 is 0. The lowest BCUT2D eigenvalue weighted by Gasteiger charge is -2.13. The Morgan fingerprint density at radius 1 is 1.16 bits per heavy atom. The van der Waals surface area contributed by atoms with Crippen molar-refractivity contribution in [3.05, 3.63) is 64.2 Å². The first kappa shape index (κ1) is 17.9. The third-order valence-electron chi connectivity index (χ3n) is 3.31. The minimum Gasteiger partial charge on any atom is -0.490 e. The maximum Gasteiger partial charge on any atom is 0.339 e. The van der Waals surface area contributed by atoms with E-state index in [0.717, 1.165) is 6.07 Å². The summed E-state index contributed by atoms with van der Waals surface area (Å²) in [5.74, 6) is -1.33. The second kappa shape index (κ2) is 7.91. The van der Waals surface area contributed by atoms with Crippen molar-refractivity contribution in [3.63, 3.8) is 0 Å². The second-order valence-electron chi connectivity index (χ2n) is 5.05. The number of esters is 1. The molecule has 0 aliphatic rings. The van der Waals surface area contributed by atoms with Gasteiger partial charge in [0.1, 0.15) is 0 Å². The number of anilines is 1. The third kappa shape index (κ3) is 4.54. The van der Waals surface area contributed by atoms with Crippen LogP contribution in [0.25, 0.3) is 0 Å². The van der Waals surface area contributed by atoms with Gasteiger partial charge in [0.15, 0.2) is 11.9 Å². The maximum atomic E-state index is 12.1. The molecule has 2 aromatic carbocycles. The van der Waals surface area contributed by atoms with Crippen LogP contribution in [0.5, 0.6) is 5.75 Å². The molecular weight excluding hydrogens is 328 g/mol. The Bertz CT molecular complexity index is 791. The van der Waals surface area contributed by atoms with Crippen molar-refractivity contribution in [3.8, 4) is 5.75 Å². The quantitative estimate of drug-likeness (QED) is 0.490. The van der Waals surface area contributed by atoms with Gasteiger partial charge in [0.05, 0.1) is 17.6 Å². The zero-order chi connectivity index (χ0) is 18.4. The molecule has 0 spiro atoms. The largest absolute Gasteiger partial charge is 0.490 e. The third-order valence-corrected chi connectivity index (χ3v) is 3.31. The molecule has 25 heavy (non-hydrogen) atoms. The molecule has 0 saturated carbocycles. The Labute approximate surface area is 143 Å². The zero-order valence-corrected chi connectivity index (χ0v) is 13.6. The Kier molecular flexibility index (Phi) is 5.67. The molecule has 0 saturated heterocycles. The first-order valence-corrected chi connectivity index (χ1v) is 7.31. The van der Waals surface area contributed by atoms with Gasteiger partial charge in [-0.15, -0.1) is 0 Å². The van der Waals surface area contributed by atoms with E-state index < -0.39 is 22.9 Å². The molecule has 2 aromatic rings. The molecule has 8 heteroatoms. The smallest absolute Gasteiger partial charge is 0.339 e. The number of methoxy groups -OCH3 is 1. The molecule has 0 aliphatic heterocycles. The van der Waals surface area contributed by atoms with Crippen LogP contribution in [0.3, 0.4) is 0 Å². The molecule has 0 aromatic heterocycles. The van der Waals surface area contributed by atoms with Crippen LogP contribution in [-0.4, -0.2) is 30.0 Å². The first-order valence-electron chi connectivity index (χ1n) is 7.31. The van der Waals surface area contributed by atoms with Crippen LogP contribution >= 0.6 is 0 Å². The Hall–Kier alpha value is -3.42. The van der Waals surface area contributed by atoms with E-state index in [0.29, 0.717) is 5.69 Å². The van der Waals surface area contributed by atoms with E-state index in [1.165, 1.54) is 26.2 Å². The van der Waals surface area contributed by atoms with E-state index in [1.807, 2.05) is 0 Å². The molecule has 0 heterocycles. The summed E-state index contributed by atoms with van der Waals surface area (Å²) in [4.78, 5) is 34.5. The number of amides is 1. The number of rotatable bonds is 6. The van der Waals surface area contributed by atoms with Crippen molar-refractivity contribution in [2.45, 2.75) is 13.0 Å². The van der Waals surface area contributed by atoms with Crippen LogP contribution in [0.4, 0.5) is 11.4 Å². The minimum absolute atomic E-state index is 0.0245. The van der Waals surface area contributed by atoms with E-state index in [2.05, 4.69) is 5.32 Å². The predicted molar refractivity (Wildman–Crippen MR) is 89.6 cm³/mol. The topological polar surface area (TPSA) is 108 Å². The number of carbonyl (C=O) groups excluding carboxylic acids is 2. The number of carbonyl (C=O) groups is 2. The van der Waals surface area contributed by atoms with Gasteiger partial charge >= 0.3 is 11.7 Å². The van der Waals surface area contributed by atoms with Gasteiger partial charge in [-0.1, -0.05) is 18.2 Å². The van der Waals surface area contributed by atoms with Gasteiger partial charge in [0, 0.05) is 11.8 Å². The molecule has 0 fully saturated rings. The summed E-state index contributed by atoms with van der Waals surface area (Å²) in [6.45, 7) is 1.41. The number of ether oxygens (including phenoxy) is 2. The Balaban J connectivity index is 2.07. The second-order valence-corrected chi connectivity index (χ2v) is 5.05. The van der Waals surface area contributed by atoms with Crippen molar-refractivity contribution >= 4 is 23.3 Å². The summed E-state index contributed by atoms with van der Waals surface area (Å²) in [6.07, 6.45) is -1.08. The van der Waals surface area contributed by atoms with Crippen LogP contribution in [0.2, 0.25) is 0 Å². The summed E-state index contributed by atoms with van der Waals surface area (Å²) in [5, 5.41) is 13.6. The average molecular weight is 344 g/mol. The fraction of sp³-hybridized carbons (Fsp3) is 0.176. The molecule has 0 radical (unpaired) electrons. The summed E-state index contributed by atoms with van der Waals surface area (Å²) in [5.41, 5.74) is 0.153. The van der Waals surface area contributed by atoms with Gasteiger partial charge in [-0.3, -0.25) is 14.9 Å². The Morgan fingerprint density at radius 3 is 2.44 bits per heavy atom. The van der Waals surface area contributed by atoms with Crippen LogP contribution < -0.4 is 10.1 Å². The molecule has 2 rings (SSSR count). The van der Waals surface area contributed by atoms with E-state index in [4.69, 9.17) is 9.47 Å². The van der Waals surface area contributed by atoms with Crippen molar-refractivity contribution in [2.75, 3.05) is 12.4 Å². The molecule has 0 unspecified atom stereocenters. The molecule has 8 nitrogen and oxygen atoms in total. The van der Waals surface area contributed by atoms with Gasteiger partial charge < -0.3 is 14.8 Å². The number of nitro groups is 1. The number of nitrogens with zero attached hydrogens (tertiary/aromatic N) is 1. The first-order chi connectivity index (χ1) is 11.9. The highest BCUT2D eigenvalue weighted by molar-refractivity contribution is 5.97. The number of nitro benzene ring substituents is 1. The van der Waals surface area contributed by atoms with E-state index >= 15 is 0 Å². The van der Waals surface area contributed by atoms with Crippen molar-refractivity contribution < 1.29 is 24.0 Å². The lowest BCUT2D eigenvalue weighted by atomic mass is 10.2. The number of nitrogens with one attached hydrogen (secondary N) is 1. The van der Waals surface area contributed by atoms with Gasteiger partial charge in [0.2, 0.25) is 0 Å². The van der Waals surface area contributed by atoms with E-state index in [1.54, 1.807) is 30.3 Å². The standard InChI is InChI=1S/C17H16N2O6/c1-11(16(20)18-13-6-4-3-5-7-13)25-17(21)12-8-9-15(24-2)14(10-12)19(22)23/h3-11H,1-2H3,(H,18,20)/t11-/m1/s1. The van der Waals surface area contributed by atoms with Crippen molar-refractivity contribution in [1.82, 2.24) is 0 Å².